The highest BCUT2D eigenvalue weighted by molar-refractivity contribution is 9.10. The van der Waals surface area contributed by atoms with Crippen molar-refractivity contribution in [2.45, 2.75) is 32.7 Å². The Morgan fingerprint density at radius 1 is 1.21 bits per heavy atom. The van der Waals surface area contributed by atoms with Crippen molar-refractivity contribution in [2.24, 2.45) is 0 Å². The summed E-state index contributed by atoms with van der Waals surface area (Å²) in [6.07, 6.45) is 3.83. The van der Waals surface area contributed by atoms with Crippen molar-refractivity contribution in [1.82, 2.24) is 5.32 Å². The fourth-order valence-electron chi connectivity index (χ4n) is 2.12. The van der Waals surface area contributed by atoms with Crippen molar-refractivity contribution in [1.29, 1.82) is 0 Å². The largest absolute Gasteiger partial charge is 0.457 e. The predicted molar refractivity (Wildman–Crippen MR) is 82.3 cm³/mol. The summed E-state index contributed by atoms with van der Waals surface area (Å²) in [5, 5.41) is 3.59. The highest BCUT2D eigenvalue weighted by Crippen LogP contribution is 2.27. The van der Waals surface area contributed by atoms with Gasteiger partial charge in [-0.2, -0.15) is 0 Å². The number of aryl methyl sites for hydroxylation is 1. The number of benzene rings is 1. The van der Waals surface area contributed by atoms with Gasteiger partial charge in [-0.3, -0.25) is 0 Å². The van der Waals surface area contributed by atoms with Gasteiger partial charge in [0, 0.05) is 11.6 Å². The second-order valence-electron chi connectivity index (χ2n) is 4.85. The topological polar surface area (TPSA) is 25.2 Å². The minimum atomic E-state index is 0.288. The third-order valence-corrected chi connectivity index (χ3v) is 3.87. The molecular formula is C16H20BrNO. The second-order valence-corrected chi connectivity index (χ2v) is 5.57. The Bertz CT molecular complexity index is 504. The lowest BCUT2D eigenvalue weighted by atomic mass is 10.00. The van der Waals surface area contributed by atoms with Gasteiger partial charge in [0.05, 0.1) is 6.26 Å². The summed E-state index contributed by atoms with van der Waals surface area (Å²) in [4.78, 5) is 0. The van der Waals surface area contributed by atoms with E-state index in [-0.39, 0.29) is 6.04 Å². The van der Waals surface area contributed by atoms with E-state index in [4.69, 9.17) is 4.42 Å². The minimum absolute atomic E-state index is 0.288. The first kappa shape index (κ1) is 14.4. The molecule has 1 aromatic heterocycles. The molecule has 0 amide bonds. The van der Waals surface area contributed by atoms with Gasteiger partial charge in [0.25, 0.3) is 0 Å². The van der Waals surface area contributed by atoms with E-state index in [9.17, 15) is 0 Å². The maximum atomic E-state index is 5.36. The Kier molecular flexibility index (Phi) is 5.23. The average Bonchev–Trinajstić information content (AvgIpc) is 2.83. The fraction of sp³-hybridized carbons (Fsp3) is 0.375. The first-order valence-electron chi connectivity index (χ1n) is 6.72. The number of nitrogens with one attached hydrogen (secondary N) is 1. The van der Waals surface area contributed by atoms with Crippen molar-refractivity contribution in [3.05, 3.63) is 58.0 Å². The first-order valence-corrected chi connectivity index (χ1v) is 7.51. The predicted octanol–water partition coefficient (Wildman–Crippen LogP) is 4.63. The van der Waals surface area contributed by atoms with Gasteiger partial charge in [-0.15, -0.1) is 0 Å². The van der Waals surface area contributed by atoms with Gasteiger partial charge in [0.1, 0.15) is 0 Å². The molecule has 0 aliphatic rings. The Balaban J connectivity index is 2.14. The molecule has 2 aromatic rings. The van der Waals surface area contributed by atoms with E-state index in [0.29, 0.717) is 0 Å². The van der Waals surface area contributed by atoms with Crippen LogP contribution < -0.4 is 5.32 Å². The summed E-state index contributed by atoms with van der Waals surface area (Å²) < 4.78 is 6.19. The smallest absolute Gasteiger partial charge is 0.173 e. The molecule has 0 fully saturated rings. The number of halogens is 1. The third kappa shape index (κ3) is 3.95. The van der Waals surface area contributed by atoms with Crippen LogP contribution in [0.2, 0.25) is 0 Å². The van der Waals surface area contributed by atoms with Crippen molar-refractivity contribution < 1.29 is 4.42 Å². The molecule has 0 aliphatic carbocycles. The zero-order valence-electron chi connectivity index (χ0n) is 11.4. The van der Waals surface area contributed by atoms with Gasteiger partial charge < -0.3 is 9.73 Å². The summed E-state index contributed by atoms with van der Waals surface area (Å²) >= 11 is 3.48. The Hall–Kier alpha value is -1.06. The Labute approximate surface area is 123 Å². The molecule has 2 nitrogen and oxygen atoms in total. The van der Waals surface area contributed by atoms with Crippen molar-refractivity contribution in [2.75, 3.05) is 6.54 Å². The molecule has 0 radical (unpaired) electrons. The van der Waals surface area contributed by atoms with Gasteiger partial charge >= 0.3 is 0 Å². The van der Waals surface area contributed by atoms with Gasteiger partial charge in [-0.1, -0.05) is 36.8 Å². The number of rotatable bonds is 6. The SMILES string of the molecule is CCCNC(Cc1ccc(C)cc1)c1ccoc1Br. The lowest BCUT2D eigenvalue weighted by Gasteiger charge is -2.18. The average molecular weight is 322 g/mol. The molecule has 2 rings (SSSR count). The quantitative estimate of drug-likeness (QED) is 0.838. The third-order valence-electron chi connectivity index (χ3n) is 3.22. The van der Waals surface area contributed by atoms with Crippen LogP contribution in [0.1, 0.15) is 36.1 Å². The number of furan rings is 1. The minimum Gasteiger partial charge on any atom is -0.457 e. The molecule has 19 heavy (non-hydrogen) atoms. The molecule has 0 bridgehead atoms. The molecule has 0 saturated carbocycles. The van der Waals surface area contributed by atoms with Crippen LogP contribution in [0.15, 0.2) is 45.7 Å². The lowest BCUT2D eigenvalue weighted by molar-refractivity contribution is 0.498. The normalized spacial score (nSPS) is 12.6. The van der Waals surface area contributed by atoms with Crippen LogP contribution >= 0.6 is 15.9 Å². The van der Waals surface area contributed by atoms with Crippen LogP contribution in [0, 0.1) is 6.92 Å². The zero-order valence-corrected chi connectivity index (χ0v) is 13.0. The molecule has 1 unspecified atom stereocenters. The molecule has 1 N–H and O–H groups in total. The Morgan fingerprint density at radius 3 is 2.53 bits per heavy atom. The Morgan fingerprint density at radius 2 is 1.95 bits per heavy atom. The van der Waals surface area contributed by atoms with E-state index in [1.165, 1.54) is 16.7 Å². The summed E-state index contributed by atoms with van der Waals surface area (Å²) in [5.74, 6) is 0. The van der Waals surface area contributed by atoms with Gasteiger partial charge in [-0.05, 0) is 53.9 Å². The van der Waals surface area contributed by atoms with E-state index in [0.717, 1.165) is 24.1 Å². The maximum absolute atomic E-state index is 5.36. The molecule has 3 heteroatoms. The second kappa shape index (κ2) is 6.92. The fourth-order valence-corrected chi connectivity index (χ4v) is 2.64. The molecular weight excluding hydrogens is 302 g/mol. The van der Waals surface area contributed by atoms with Crippen LogP contribution in [-0.4, -0.2) is 6.54 Å². The summed E-state index contributed by atoms with van der Waals surface area (Å²) in [6.45, 7) is 5.30. The van der Waals surface area contributed by atoms with E-state index in [2.05, 4.69) is 59.4 Å². The highest BCUT2D eigenvalue weighted by Gasteiger charge is 2.16. The summed E-state index contributed by atoms with van der Waals surface area (Å²) in [7, 11) is 0. The van der Waals surface area contributed by atoms with Crippen LogP contribution in [0.25, 0.3) is 0 Å². The first-order chi connectivity index (χ1) is 9.20. The molecule has 1 aromatic carbocycles. The van der Waals surface area contributed by atoms with E-state index in [1.54, 1.807) is 6.26 Å². The summed E-state index contributed by atoms with van der Waals surface area (Å²) in [6, 6.07) is 11.0. The van der Waals surface area contributed by atoms with Crippen LogP contribution in [0.5, 0.6) is 0 Å². The molecule has 1 atom stereocenters. The lowest BCUT2D eigenvalue weighted by Crippen LogP contribution is -2.24. The van der Waals surface area contributed by atoms with Crippen molar-refractivity contribution >= 4 is 15.9 Å². The highest BCUT2D eigenvalue weighted by atomic mass is 79.9. The molecule has 0 spiro atoms. The van der Waals surface area contributed by atoms with Crippen LogP contribution in [-0.2, 0) is 6.42 Å². The van der Waals surface area contributed by atoms with Gasteiger partial charge in [-0.25, -0.2) is 0 Å². The van der Waals surface area contributed by atoms with E-state index < -0.39 is 0 Å². The van der Waals surface area contributed by atoms with Crippen LogP contribution in [0.4, 0.5) is 0 Å². The standard InChI is InChI=1S/C16H20BrNO/c1-3-9-18-15(14-8-10-19-16(14)17)11-13-6-4-12(2)5-7-13/h4-8,10,15,18H,3,9,11H2,1-2H3. The number of hydrogen-bond donors (Lipinski definition) is 1. The summed E-state index contributed by atoms with van der Waals surface area (Å²) in [5.41, 5.74) is 3.83. The molecule has 0 saturated heterocycles. The van der Waals surface area contributed by atoms with E-state index >= 15 is 0 Å². The van der Waals surface area contributed by atoms with Crippen molar-refractivity contribution in [3.63, 3.8) is 0 Å². The maximum Gasteiger partial charge on any atom is 0.173 e. The monoisotopic (exact) mass is 321 g/mol. The van der Waals surface area contributed by atoms with Gasteiger partial charge in [0.2, 0.25) is 0 Å². The molecule has 1 heterocycles. The van der Waals surface area contributed by atoms with Crippen LogP contribution in [0.3, 0.4) is 0 Å². The number of hydrogen-bond acceptors (Lipinski definition) is 2. The zero-order chi connectivity index (χ0) is 13.7. The van der Waals surface area contributed by atoms with Gasteiger partial charge in [0.15, 0.2) is 4.67 Å². The molecule has 102 valence electrons. The molecule has 0 aliphatic heterocycles. The van der Waals surface area contributed by atoms with E-state index in [1.807, 2.05) is 6.07 Å². The van der Waals surface area contributed by atoms with Crippen molar-refractivity contribution in [3.8, 4) is 0 Å².